The minimum Gasteiger partial charge on any atom is -0.208 e. The molecule has 274 valence electrons. The highest BCUT2D eigenvalue weighted by Gasteiger charge is 2.51. The van der Waals surface area contributed by atoms with Gasteiger partial charge in [0.15, 0.2) is 17.5 Å². The number of aromatic nitrogens is 3. The largest absolute Gasteiger partial charge is 0.208 e. The Labute approximate surface area is 339 Å². The molecule has 0 saturated carbocycles. The van der Waals surface area contributed by atoms with E-state index in [4.69, 9.17) is 15.0 Å². The van der Waals surface area contributed by atoms with Crippen molar-refractivity contribution in [3.63, 3.8) is 0 Å². The lowest BCUT2D eigenvalue weighted by molar-refractivity contribution is 0.794. The van der Waals surface area contributed by atoms with Gasteiger partial charge in [-0.25, -0.2) is 15.0 Å². The molecule has 2 aliphatic carbocycles. The molecular weight excluding hydrogens is 703 g/mol. The Hall–Kier alpha value is -7.23. The van der Waals surface area contributed by atoms with Gasteiger partial charge in [-0.1, -0.05) is 176 Å². The van der Waals surface area contributed by atoms with Gasteiger partial charge in [-0.05, 0) is 110 Å². The highest BCUT2D eigenvalue weighted by atomic mass is 15.0. The summed E-state index contributed by atoms with van der Waals surface area (Å²) in [7, 11) is 0. The topological polar surface area (TPSA) is 38.7 Å². The predicted octanol–water partition coefficient (Wildman–Crippen LogP) is 13.5. The van der Waals surface area contributed by atoms with E-state index in [1.165, 1.54) is 77.9 Å². The van der Waals surface area contributed by atoms with E-state index in [1.807, 2.05) is 18.2 Å². The number of aryl methyl sites for hydroxylation is 1. The summed E-state index contributed by atoms with van der Waals surface area (Å²) in [5.41, 5.74) is 21.8. The Kier molecular flexibility index (Phi) is 7.74. The van der Waals surface area contributed by atoms with Gasteiger partial charge in [-0.2, -0.15) is 0 Å². The zero-order valence-corrected chi connectivity index (χ0v) is 32.7. The van der Waals surface area contributed by atoms with Crippen LogP contribution in [0.4, 0.5) is 0 Å². The highest BCUT2D eigenvalue weighted by Crippen LogP contribution is 2.63. The number of hydrogen-bond acceptors (Lipinski definition) is 3. The molecule has 11 rings (SSSR count). The number of fused-ring (bicyclic) bond motifs is 10. The smallest absolute Gasteiger partial charge is 0.164 e. The minimum absolute atomic E-state index is 0.375. The van der Waals surface area contributed by atoms with Crippen molar-refractivity contribution in [3.05, 3.63) is 221 Å². The average molecular weight is 742 g/mol. The van der Waals surface area contributed by atoms with Gasteiger partial charge in [-0.3, -0.25) is 0 Å². The molecule has 58 heavy (non-hydrogen) atoms. The third kappa shape index (κ3) is 5.10. The Bertz CT molecular complexity index is 3010. The summed E-state index contributed by atoms with van der Waals surface area (Å²) in [5, 5.41) is 0. The normalized spacial score (nSPS) is 12.9. The first-order valence-corrected chi connectivity index (χ1v) is 20.0. The first kappa shape index (κ1) is 34.1. The maximum Gasteiger partial charge on any atom is 0.164 e. The van der Waals surface area contributed by atoms with Crippen molar-refractivity contribution in [2.45, 2.75) is 26.2 Å². The lowest BCUT2D eigenvalue weighted by Gasteiger charge is -2.30. The number of hydrogen-bond donors (Lipinski definition) is 0. The first-order valence-electron chi connectivity index (χ1n) is 20.0. The summed E-state index contributed by atoms with van der Waals surface area (Å²) in [6.07, 6.45) is 0. The van der Waals surface area contributed by atoms with Gasteiger partial charge in [0.25, 0.3) is 0 Å². The fraction of sp³-hybridized carbons (Fsp3) is 0.0727. The second-order valence-electron chi connectivity index (χ2n) is 15.7. The Morgan fingerprint density at radius 3 is 1.22 bits per heavy atom. The van der Waals surface area contributed by atoms with Crippen LogP contribution in [0.2, 0.25) is 0 Å². The van der Waals surface area contributed by atoms with Gasteiger partial charge in [0.2, 0.25) is 0 Å². The van der Waals surface area contributed by atoms with Crippen LogP contribution in [0.1, 0.15) is 38.9 Å². The number of rotatable bonds is 5. The molecule has 0 fully saturated rings. The number of nitrogens with zero attached hydrogens (tertiary/aromatic N) is 3. The van der Waals surface area contributed by atoms with E-state index in [1.54, 1.807) is 0 Å². The lowest BCUT2D eigenvalue weighted by Crippen LogP contribution is -2.25. The maximum atomic E-state index is 5.09. The van der Waals surface area contributed by atoms with Crippen molar-refractivity contribution in [1.29, 1.82) is 0 Å². The fourth-order valence-corrected chi connectivity index (χ4v) is 9.50. The van der Waals surface area contributed by atoms with Crippen LogP contribution in [0.25, 0.3) is 78.7 Å². The third-order valence-corrected chi connectivity index (χ3v) is 12.7. The molecular formula is C55H39N3. The summed E-state index contributed by atoms with van der Waals surface area (Å²) in [5.74, 6) is 1.95. The monoisotopic (exact) mass is 741 g/mol. The van der Waals surface area contributed by atoms with Crippen molar-refractivity contribution in [1.82, 2.24) is 15.0 Å². The average Bonchev–Trinajstić information content (AvgIpc) is 3.76. The molecule has 1 aromatic heterocycles. The first-order chi connectivity index (χ1) is 28.5. The summed E-state index contributed by atoms with van der Waals surface area (Å²) in [6.45, 7) is 6.57. The molecule has 1 spiro atoms. The van der Waals surface area contributed by atoms with Crippen molar-refractivity contribution < 1.29 is 0 Å². The molecule has 0 radical (unpaired) electrons. The van der Waals surface area contributed by atoms with E-state index in [0.29, 0.717) is 17.5 Å². The zero-order chi connectivity index (χ0) is 39.0. The van der Waals surface area contributed by atoms with Crippen LogP contribution < -0.4 is 0 Å². The summed E-state index contributed by atoms with van der Waals surface area (Å²) < 4.78 is 0. The molecule has 2 aliphatic rings. The summed E-state index contributed by atoms with van der Waals surface area (Å²) in [4.78, 5) is 15.1. The van der Waals surface area contributed by atoms with Gasteiger partial charge < -0.3 is 0 Å². The SMILES string of the molecule is Cc1ccc(-c2ccc(-c3nc(-c4ccccc4)nc(-c4ccc(-c5ccc6c(c5)C5(c7ccccc7-c7ccccc75)c5ccccc5-6)cc4)n3)cc2)c(C)c1C. The van der Waals surface area contributed by atoms with E-state index < -0.39 is 0 Å². The summed E-state index contributed by atoms with van der Waals surface area (Å²) in [6, 6.07) is 65.8. The predicted molar refractivity (Wildman–Crippen MR) is 238 cm³/mol. The highest BCUT2D eigenvalue weighted by molar-refractivity contribution is 5.96. The Balaban J connectivity index is 0.993. The molecule has 3 nitrogen and oxygen atoms in total. The molecule has 3 heteroatoms. The summed E-state index contributed by atoms with van der Waals surface area (Å²) >= 11 is 0. The van der Waals surface area contributed by atoms with Gasteiger partial charge in [-0.15, -0.1) is 0 Å². The van der Waals surface area contributed by atoms with Crippen LogP contribution in [-0.4, -0.2) is 15.0 Å². The van der Waals surface area contributed by atoms with E-state index in [-0.39, 0.29) is 5.41 Å². The molecule has 0 bridgehead atoms. The van der Waals surface area contributed by atoms with E-state index in [0.717, 1.165) is 22.3 Å². The zero-order valence-electron chi connectivity index (χ0n) is 32.7. The maximum absolute atomic E-state index is 5.09. The molecule has 0 unspecified atom stereocenters. The van der Waals surface area contributed by atoms with Crippen LogP contribution in [-0.2, 0) is 5.41 Å². The molecule has 0 atom stereocenters. The minimum atomic E-state index is -0.375. The quantitative estimate of drug-likeness (QED) is 0.176. The third-order valence-electron chi connectivity index (χ3n) is 12.7. The molecule has 0 aliphatic heterocycles. The van der Waals surface area contributed by atoms with E-state index in [2.05, 4.69) is 185 Å². The lowest BCUT2D eigenvalue weighted by atomic mass is 9.70. The van der Waals surface area contributed by atoms with Crippen LogP contribution in [0.15, 0.2) is 182 Å². The molecule has 9 aromatic rings. The molecule has 8 aromatic carbocycles. The van der Waals surface area contributed by atoms with Crippen molar-refractivity contribution in [2.75, 3.05) is 0 Å². The fourth-order valence-electron chi connectivity index (χ4n) is 9.50. The Morgan fingerprint density at radius 2 is 0.690 bits per heavy atom. The van der Waals surface area contributed by atoms with E-state index >= 15 is 0 Å². The second-order valence-corrected chi connectivity index (χ2v) is 15.7. The van der Waals surface area contributed by atoms with Crippen molar-refractivity contribution >= 4 is 0 Å². The van der Waals surface area contributed by atoms with Crippen LogP contribution in [0.3, 0.4) is 0 Å². The molecule has 0 amide bonds. The van der Waals surface area contributed by atoms with E-state index in [9.17, 15) is 0 Å². The molecule has 0 saturated heterocycles. The van der Waals surface area contributed by atoms with Crippen molar-refractivity contribution in [3.8, 4) is 78.7 Å². The molecule has 1 heterocycles. The Morgan fingerprint density at radius 1 is 0.293 bits per heavy atom. The second kappa shape index (κ2) is 13.2. The van der Waals surface area contributed by atoms with Crippen LogP contribution in [0.5, 0.6) is 0 Å². The van der Waals surface area contributed by atoms with Gasteiger partial charge >= 0.3 is 0 Å². The molecule has 0 N–H and O–H groups in total. The number of benzene rings is 8. The standard InChI is InChI=1S/C55H39N3/c1-34-21-31-43(36(3)35(34)2)38-24-28-41(29-25-38)54-57-52(39-13-5-4-6-14-39)56-53(58-54)40-26-22-37(23-27-40)42-30-32-47-46-17-9-12-20-50(46)55(51(47)33-42)48-18-10-7-15-44(48)45-16-8-11-19-49(45)55/h4-33H,1-3H3. The van der Waals surface area contributed by atoms with Gasteiger partial charge in [0, 0.05) is 16.7 Å². The van der Waals surface area contributed by atoms with Crippen LogP contribution >= 0.6 is 0 Å². The van der Waals surface area contributed by atoms with Crippen molar-refractivity contribution in [2.24, 2.45) is 0 Å². The van der Waals surface area contributed by atoms with Crippen LogP contribution in [0, 0.1) is 20.8 Å². The van der Waals surface area contributed by atoms with Gasteiger partial charge in [0.1, 0.15) is 0 Å². The van der Waals surface area contributed by atoms with Gasteiger partial charge in [0.05, 0.1) is 5.41 Å².